The lowest BCUT2D eigenvalue weighted by atomic mass is 9.89. The van der Waals surface area contributed by atoms with Crippen molar-refractivity contribution in [2.45, 2.75) is 52.5 Å². The molecular weight excluding hydrogens is 196 g/mol. The van der Waals surface area contributed by atoms with Gasteiger partial charge in [-0.15, -0.1) is 0 Å². The quantitative estimate of drug-likeness (QED) is 0.789. The molecule has 1 N–H and O–H groups in total. The van der Waals surface area contributed by atoms with E-state index in [1.54, 1.807) is 0 Å². The Balaban J connectivity index is 1.87. The first-order chi connectivity index (χ1) is 7.61. The lowest BCUT2D eigenvalue weighted by Crippen LogP contribution is -2.42. The van der Waals surface area contributed by atoms with Crippen LogP contribution in [0.1, 0.15) is 46.5 Å². The molecule has 0 aromatic carbocycles. The van der Waals surface area contributed by atoms with Crippen LogP contribution in [0, 0.1) is 11.3 Å². The van der Waals surface area contributed by atoms with Crippen LogP contribution in [0.4, 0.5) is 0 Å². The predicted octanol–water partition coefficient (Wildman–Crippen LogP) is 2.50. The van der Waals surface area contributed by atoms with Gasteiger partial charge in [-0.05, 0) is 50.1 Å². The molecule has 0 amide bonds. The number of nitrogens with one attached hydrogen (secondary N) is 1. The molecule has 1 unspecified atom stereocenters. The second-order valence-corrected chi connectivity index (χ2v) is 6.50. The second-order valence-electron chi connectivity index (χ2n) is 6.50. The van der Waals surface area contributed by atoms with Gasteiger partial charge in [-0.25, -0.2) is 0 Å². The van der Waals surface area contributed by atoms with E-state index in [0.29, 0.717) is 5.41 Å². The monoisotopic (exact) mass is 224 g/mol. The highest BCUT2D eigenvalue weighted by Gasteiger charge is 2.33. The van der Waals surface area contributed by atoms with Gasteiger partial charge in [0.05, 0.1) is 0 Å². The summed E-state index contributed by atoms with van der Waals surface area (Å²) in [4.78, 5) is 2.70. The third-order valence-electron chi connectivity index (χ3n) is 4.31. The van der Waals surface area contributed by atoms with Crippen LogP contribution in [-0.2, 0) is 0 Å². The highest BCUT2D eigenvalue weighted by molar-refractivity contribution is 4.90. The predicted molar refractivity (Wildman–Crippen MR) is 69.6 cm³/mol. The molecule has 0 aromatic rings. The Labute approximate surface area is 101 Å². The van der Waals surface area contributed by atoms with Crippen molar-refractivity contribution in [3.05, 3.63) is 0 Å². The van der Waals surface area contributed by atoms with E-state index in [0.717, 1.165) is 12.0 Å². The number of nitrogens with zero attached hydrogens (tertiary/aromatic N) is 1. The van der Waals surface area contributed by atoms with Gasteiger partial charge < -0.3 is 10.2 Å². The number of rotatable bonds is 4. The zero-order valence-electron chi connectivity index (χ0n) is 11.3. The third kappa shape index (κ3) is 3.46. The summed E-state index contributed by atoms with van der Waals surface area (Å²) in [6.07, 6.45) is 5.53. The molecule has 0 radical (unpaired) electrons. The van der Waals surface area contributed by atoms with Gasteiger partial charge in [0.15, 0.2) is 0 Å². The normalized spacial score (nSPS) is 29.1. The van der Waals surface area contributed by atoms with Crippen molar-refractivity contribution < 1.29 is 0 Å². The highest BCUT2D eigenvalue weighted by Crippen LogP contribution is 2.34. The molecular formula is C14H28N2. The van der Waals surface area contributed by atoms with E-state index < -0.39 is 0 Å². The Bertz CT molecular complexity index is 221. The largest absolute Gasteiger partial charge is 0.312 e. The molecule has 1 heterocycles. The average Bonchev–Trinajstić information content (AvgIpc) is 3.02. The molecule has 1 aliphatic carbocycles. The van der Waals surface area contributed by atoms with Gasteiger partial charge in [-0.3, -0.25) is 0 Å². The molecule has 2 rings (SSSR count). The maximum Gasteiger partial charge on any atom is 0.0223 e. The first kappa shape index (κ1) is 12.4. The van der Waals surface area contributed by atoms with Crippen LogP contribution < -0.4 is 5.32 Å². The second kappa shape index (κ2) is 5.05. The summed E-state index contributed by atoms with van der Waals surface area (Å²) in [7, 11) is 0. The fourth-order valence-electron chi connectivity index (χ4n) is 2.70. The highest BCUT2D eigenvalue weighted by atomic mass is 15.2. The molecule has 2 heteroatoms. The van der Waals surface area contributed by atoms with Crippen LogP contribution in [0.3, 0.4) is 0 Å². The van der Waals surface area contributed by atoms with Crippen LogP contribution in [0.15, 0.2) is 0 Å². The lowest BCUT2D eigenvalue weighted by molar-refractivity contribution is 0.167. The lowest BCUT2D eigenvalue weighted by Gasteiger charge is -2.32. The van der Waals surface area contributed by atoms with Crippen LogP contribution in [-0.4, -0.2) is 37.1 Å². The van der Waals surface area contributed by atoms with Gasteiger partial charge in [0.1, 0.15) is 0 Å². The molecule has 16 heavy (non-hydrogen) atoms. The van der Waals surface area contributed by atoms with Gasteiger partial charge in [0, 0.05) is 19.1 Å². The SMILES string of the molecule is CCC(C)(C)CN1CCCNC(C2CC2)C1. The van der Waals surface area contributed by atoms with E-state index in [1.165, 1.54) is 51.9 Å². The molecule has 1 saturated heterocycles. The van der Waals surface area contributed by atoms with E-state index in [4.69, 9.17) is 0 Å². The number of hydrogen-bond acceptors (Lipinski definition) is 2. The van der Waals surface area contributed by atoms with Gasteiger partial charge in [0.2, 0.25) is 0 Å². The topological polar surface area (TPSA) is 15.3 Å². The molecule has 2 aliphatic rings. The molecule has 1 atom stereocenters. The van der Waals surface area contributed by atoms with Crippen molar-refractivity contribution in [2.24, 2.45) is 11.3 Å². The third-order valence-corrected chi connectivity index (χ3v) is 4.31. The Hall–Kier alpha value is -0.0800. The summed E-state index contributed by atoms with van der Waals surface area (Å²) in [5.74, 6) is 0.991. The summed E-state index contributed by atoms with van der Waals surface area (Å²) in [5, 5.41) is 3.74. The first-order valence-corrected chi connectivity index (χ1v) is 7.06. The molecule has 1 saturated carbocycles. The van der Waals surface area contributed by atoms with Gasteiger partial charge in [-0.2, -0.15) is 0 Å². The van der Waals surface area contributed by atoms with E-state index in [9.17, 15) is 0 Å². The van der Waals surface area contributed by atoms with Crippen LogP contribution >= 0.6 is 0 Å². The van der Waals surface area contributed by atoms with Gasteiger partial charge in [0.25, 0.3) is 0 Å². The minimum atomic E-state index is 0.485. The van der Waals surface area contributed by atoms with Crippen molar-refractivity contribution in [1.29, 1.82) is 0 Å². The Morgan fingerprint density at radius 3 is 2.69 bits per heavy atom. The molecule has 0 spiro atoms. The van der Waals surface area contributed by atoms with Crippen molar-refractivity contribution in [3.8, 4) is 0 Å². The standard InChI is InChI=1S/C14H28N2/c1-4-14(2,3)11-16-9-5-8-15-13(10-16)12-6-7-12/h12-13,15H,4-11H2,1-3H3. The molecule has 1 aliphatic heterocycles. The Morgan fingerprint density at radius 2 is 2.06 bits per heavy atom. The summed E-state index contributed by atoms with van der Waals surface area (Å²) in [5.41, 5.74) is 0.485. The van der Waals surface area contributed by atoms with Gasteiger partial charge in [-0.1, -0.05) is 20.8 Å². The van der Waals surface area contributed by atoms with E-state index in [-0.39, 0.29) is 0 Å². The zero-order valence-corrected chi connectivity index (χ0v) is 11.3. The average molecular weight is 224 g/mol. The summed E-state index contributed by atoms with van der Waals surface area (Å²) >= 11 is 0. The van der Waals surface area contributed by atoms with E-state index >= 15 is 0 Å². The van der Waals surface area contributed by atoms with Crippen molar-refractivity contribution in [1.82, 2.24) is 10.2 Å². The fourth-order valence-corrected chi connectivity index (χ4v) is 2.70. The molecule has 0 aromatic heterocycles. The van der Waals surface area contributed by atoms with Crippen LogP contribution in [0.25, 0.3) is 0 Å². The zero-order chi connectivity index (χ0) is 11.6. The molecule has 94 valence electrons. The minimum Gasteiger partial charge on any atom is -0.312 e. The molecule has 0 bridgehead atoms. The molecule has 2 nitrogen and oxygen atoms in total. The van der Waals surface area contributed by atoms with Crippen LogP contribution in [0.2, 0.25) is 0 Å². The molecule has 2 fully saturated rings. The summed E-state index contributed by atoms with van der Waals surface area (Å²) in [6, 6.07) is 0.787. The van der Waals surface area contributed by atoms with Crippen LogP contribution in [0.5, 0.6) is 0 Å². The number of hydrogen-bond donors (Lipinski definition) is 1. The first-order valence-electron chi connectivity index (χ1n) is 7.06. The van der Waals surface area contributed by atoms with Crippen molar-refractivity contribution in [3.63, 3.8) is 0 Å². The van der Waals surface area contributed by atoms with Crippen molar-refractivity contribution in [2.75, 3.05) is 26.2 Å². The van der Waals surface area contributed by atoms with Gasteiger partial charge >= 0.3 is 0 Å². The van der Waals surface area contributed by atoms with E-state index in [2.05, 4.69) is 31.0 Å². The Morgan fingerprint density at radius 1 is 1.31 bits per heavy atom. The smallest absolute Gasteiger partial charge is 0.0223 e. The van der Waals surface area contributed by atoms with Crippen molar-refractivity contribution >= 4 is 0 Å². The Kier molecular flexibility index (Phi) is 3.91. The fraction of sp³-hybridized carbons (Fsp3) is 1.00. The maximum atomic E-state index is 3.74. The summed E-state index contributed by atoms with van der Waals surface area (Å²) < 4.78 is 0. The minimum absolute atomic E-state index is 0.485. The summed E-state index contributed by atoms with van der Waals surface area (Å²) in [6.45, 7) is 12.2. The van der Waals surface area contributed by atoms with E-state index in [1.807, 2.05) is 0 Å². The maximum absolute atomic E-state index is 3.74.